The van der Waals surface area contributed by atoms with Gasteiger partial charge >= 0.3 is 5.97 Å². The molecule has 1 aliphatic rings. The Morgan fingerprint density at radius 1 is 1.16 bits per heavy atom. The first kappa shape index (κ1) is 16.8. The van der Waals surface area contributed by atoms with Crippen LogP contribution in [0.2, 0.25) is 0 Å². The lowest BCUT2D eigenvalue weighted by molar-refractivity contribution is -0.137. The van der Waals surface area contributed by atoms with Gasteiger partial charge in [0.05, 0.1) is 13.0 Å². The molecule has 0 spiro atoms. The number of benzene rings is 2. The lowest BCUT2D eigenvalue weighted by Gasteiger charge is -2.17. The second-order valence-electron chi connectivity index (χ2n) is 5.90. The summed E-state index contributed by atoms with van der Waals surface area (Å²) in [6.45, 7) is 0.102. The van der Waals surface area contributed by atoms with Gasteiger partial charge in [0, 0.05) is 11.1 Å². The van der Waals surface area contributed by atoms with Crippen molar-refractivity contribution in [2.75, 3.05) is 6.61 Å². The molecule has 0 heterocycles. The lowest BCUT2D eigenvalue weighted by atomic mass is 9.86. The summed E-state index contributed by atoms with van der Waals surface area (Å²) in [7, 11) is 0. The third-order valence-electron chi connectivity index (χ3n) is 4.07. The minimum absolute atomic E-state index is 0.0292. The Bertz CT molecular complexity index is 851. The van der Waals surface area contributed by atoms with Crippen LogP contribution in [0.25, 0.3) is 6.08 Å². The molecule has 25 heavy (non-hydrogen) atoms. The maximum Gasteiger partial charge on any atom is 0.306 e. The van der Waals surface area contributed by atoms with Crippen LogP contribution in [-0.4, -0.2) is 28.6 Å². The highest BCUT2D eigenvalue weighted by Gasteiger charge is 2.22. The molecule has 2 N–H and O–H groups in total. The Morgan fingerprint density at radius 3 is 2.80 bits per heavy atom. The van der Waals surface area contributed by atoms with Crippen molar-refractivity contribution in [2.24, 2.45) is 0 Å². The number of carboxylic acid groups (broad SMARTS) is 1. The van der Waals surface area contributed by atoms with E-state index in [4.69, 9.17) is 9.84 Å². The van der Waals surface area contributed by atoms with E-state index in [1.54, 1.807) is 24.3 Å². The van der Waals surface area contributed by atoms with Gasteiger partial charge in [-0.3, -0.25) is 9.59 Å². The van der Waals surface area contributed by atoms with E-state index in [-0.39, 0.29) is 24.6 Å². The van der Waals surface area contributed by atoms with Crippen LogP contribution in [0.3, 0.4) is 0 Å². The minimum atomic E-state index is -0.907. The third kappa shape index (κ3) is 4.07. The van der Waals surface area contributed by atoms with E-state index >= 15 is 0 Å². The maximum atomic E-state index is 12.6. The number of aromatic hydroxyl groups is 1. The van der Waals surface area contributed by atoms with Crippen LogP contribution in [0, 0.1) is 0 Å². The van der Waals surface area contributed by atoms with Gasteiger partial charge < -0.3 is 14.9 Å². The largest absolute Gasteiger partial charge is 0.508 e. The van der Waals surface area contributed by atoms with Crippen molar-refractivity contribution in [3.05, 3.63) is 64.7 Å². The van der Waals surface area contributed by atoms with Crippen molar-refractivity contribution < 1.29 is 24.5 Å². The number of rotatable bonds is 5. The molecule has 3 rings (SSSR count). The van der Waals surface area contributed by atoms with Crippen molar-refractivity contribution in [2.45, 2.75) is 19.3 Å². The average Bonchev–Trinajstić information content (AvgIpc) is 2.57. The van der Waals surface area contributed by atoms with Gasteiger partial charge in [-0.25, -0.2) is 0 Å². The monoisotopic (exact) mass is 338 g/mol. The number of carbonyl (C=O) groups is 2. The number of carbonyl (C=O) groups excluding carboxylic acids is 1. The molecule has 0 amide bonds. The first-order chi connectivity index (χ1) is 12.0. The van der Waals surface area contributed by atoms with Crippen molar-refractivity contribution >= 4 is 17.8 Å². The van der Waals surface area contributed by atoms with Crippen LogP contribution < -0.4 is 4.74 Å². The molecular weight excluding hydrogens is 320 g/mol. The number of carboxylic acids is 1. The Labute approximate surface area is 145 Å². The number of hydrogen-bond donors (Lipinski definition) is 2. The number of phenols is 1. The molecule has 1 aliphatic carbocycles. The van der Waals surface area contributed by atoms with E-state index in [0.29, 0.717) is 29.7 Å². The molecule has 0 saturated heterocycles. The molecule has 5 nitrogen and oxygen atoms in total. The molecule has 128 valence electrons. The number of aliphatic carboxylic acids is 1. The van der Waals surface area contributed by atoms with Gasteiger partial charge in [-0.05, 0) is 60.4 Å². The van der Waals surface area contributed by atoms with Gasteiger partial charge in [-0.2, -0.15) is 0 Å². The molecule has 5 heteroatoms. The van der Waals surface area contributed by atoms with Gasteiger partial charge in [0.15, 0.2) is 5.78 Å². The molecule has 2 aromatic rings. The fourth-order valence-electron chi connectivity index (χ4n) is 2.85. The first-order valence-corrected chi connectivity index (χ1v) is 8.05. The van der Waals surface area contributed by atoms with Crippen LogP contribution in [-0.2, 0) is 11.2 Å². The van der Waals surface area contributed by atoms with Gasteiger partial charge in [0.1, 0.15) is 11.5 Å². The zero-order valence-corrected chi connectivity index (χ0v) is 13.6. The molecule has 0 saturated carbocycles. The predicted molar refractivity (Wildman–Crippen MR) is 92.9 cm³/mol. The van der Waals surface area contributed by atoms with Crippen molar-refractivity contribution in [1.82, 2.24) is 0 Å². The molecule has 0 atom stereocenters. The van der Waals surface area contributed by atoms with Gasteiger partial charge in [-0.1, -0.05) is 12.1 Å². The zero-order valence-electron chi connectivity index (χ0n) is 13.6. The summed E-state index contributed by atoms with van der Waals surface area (Å²) >= 11 is 0. The summed E-state index contributed by atoms with van der Waals surface area (Å²) < 4.78 is 5.42. The van der Waals surface area contributed by atoms with Crippen molar-refractivity contribution in [3.8, 4) is 11.5 Å². The zero-order chi connectivity index (χ0) is 17.8. The molecule has 0 unspecified atom stereocenters. The topological polar surface area (TPSA) is 83.8 Å². The van der Waals surface area contributed by atoms with Gasteiger partial charge in [-0.15, -0.1) is 0 Å². The van der Waals surface area contributed by atoms with E-state index in [1.807, 2.05) is 18.2 Å². The smallest absolute Gasteiger partial charge is 0.306 e. The number of ether oxygens (including phenoxy) is 1. The van der Waals surface area contributed by atoms with Crippen LogP contribution in [0.4, 0.5) is 0 Å². The molecule has 2 aromatic carbocycles. The maximum absolute atomic E-state index is 12.6. The molecule has 0 fully saturated rings. The summed E-state index contributed by atoms with van der Waals surface area (Å²) in [4.78, 5) is 23.2. The average molecular weight is 338 g/mol. The van der Waals surface area contributed by atoms with Crippen LogP contribution in [0.1, 0.15) is 34.3 Å². The Hall–Kier alpha value is -3.08. The third-order valence-corrected chi connectivity index (χ3v) is 4.07. The van der Waals surface area contributed by atoms with E-state index in [1.165, 1.54) is 6.07 Å². The Morgan fingerprint density at radius 2 is 2.00 bits per heavy atom. The van der Waals surface area contributed by atoms with Crippen LogP contribution in [0.15, 0.2) is 48.0 Å². The standard InChI is InChI=1S/C20H18O5/c21-16-6-7-18-14(12-16)4-5-15(20(18)24)10-13-2-1-3-17(11-13)25-9-8-19(22)23/h1-3,6-7,10-12,21H,4-5,8-9H2,(H,22,23)/b15-10+. The summed E-state index contributed by atoms with van der Waals surface area (Å²) in [6.07, 6.45) is 3.09. The normalized spacial score (nSPS) is 15.0. The quantitative estimate of drug-likeness (QED) is 0.816. The van der Waals surface area contributed by atoms with Crippen molar-refractivity contribution in [1.29, 1.82) is 0 Å². The minimum Gasteiger partial charge on any atom is -0.508 e. The Balaban J connectivity index is 1.78. The fraction of sp³-hybridized carbons (Fsp3) is 0.200. The highest BCUT2D eigenvalue weighted by atomic mass is 16.5. The molecule has 0 aromatic heterocycles. The number of phenolic OH excluding ortho intramolecular Hbond substituents is 1. The summed E-state index contributed by atoms with van der Waals surface area (Å²) in [6, 6.07) is 12.0. The van der Waals surface area contributed by atoms with E-state index < -0.39 is 5.97 Å². The lowest BCUT2D eigenvalue weighted by Crippen LogP contribution is -2.13. The predicted octanol–water partition coefficient (Wildman–Crippen LogP) is 3.46. The summed E-state index contributed by atoms with van der Waals surface area (Å²) in [5.74, 6) is -0.191. The first-order valence-electron chi connectivity index (χ1n) is 8.05. The molecule has 0 radical (unpaired) electrons. The molecule has 0 aliphatic heterocycles. The number of fused-ring (bicyclic) bond motifs is 1. The van der Waals surface area contributed by atoms with Crippen molar-refractivity contribution in [3.63, 3.8) is 0 Å². The number of ketones is 1. The number of allylic oxidation sites excluding steroid dienone is 1. The SMILES string of the molecule is O=C(O)CCOc1cccc(/C=C2\CCc3cc(O)ccc3C2=O)c1. The molecule has 0 bridgehead atoms. The van der Waals surface area contributed by atoms with Crippen LogP contribution >= 0.6 is 0 Å². The summed E-state index contributed by atoms with van der Waals surface area (Å²) in [5, 5.41) is 18.2. The highest BCUT2D eigenvalue weighted by Crippen LogP contribution is 2.29. The second kappa shape index (κ2) is 7.21. The van der Waals surface area contributed by atoms with E-state index in [2.05, 4.69) is 0 Å². The summed E-state index contributed by atoms with van der Waals surface area (Å²) in [5.41, 5.74) is 3.04. The Kier molecular flexibility index (Phi) is 4.84. The van der Waals surface area contributed by atoms with E-state index in [9.17, 15) is 14.7 Å². The number of hydrogen-bond acceptors (Lipinski definition) is 4. The van der Waals surface area contributed by atoms with Gasteiger partial charge in [0.2, 0.25) is 0 Å². The van der Waals surface area contributed by atoms with Gasteiger partial charge in [0.25, 0.3) is 0 Å². The second-order valence-corrected chi connectivity index (χ2v) is 5.90. The van der Waals surface area contributed by atoms with Crippen LogP contribution in [0.5, 0.6) is 11.5 Å². The highest BCUT2D eigenvalue weighted by molar-refractivity contribution is 6.13. The fourth-order valence-corrected chi connectivity index (χ4v) is 2.85. The van der Waals surface area contributed by atoms with E-state index in [0.717, 1.165) is 11.1 Å². The number of Topliss-reactive ketones (excluding diaryl/α,β-unsaturated/α-hetero) is 1. The number of aryl methyl sites for hydroxylation is 1. The molecular formula is C20H18O5.